The molecule has 0 bridgehead atoms. The maximum absolute atomic E-state index is 4.50. The molecule has 2 heterocycles. The molecule has 0 aliphatic carbocycles. The van der Waals surface area contributed by atoms with Crippen LogP contribution in [0.15, 0.2) is 16.7 Å². The first-order chi connectivity index (χ1) is 8.06. The van der Waals surface area contributed by atoms with Gasteiger partial charge in [-0.25, -0.2) is 4.98 Å². The molecule has 0 saturated carbocycles. The summed E-state index contributed by atoms with van der Waals surface area (Å²) in [6, 6.07) is 2.12. The number of nitrogens with zero attached hydrogens (tertiary/aromatic N) is 3. The van der Waals surface area contributed by atoms with Gasteiger partial charge in [-0.3, -0.25) is 0 Å². The standard InChI is InChI=1S/C13H20BrN3/c1-10-6-12(14)13(15-7-10)17(3)9-11-4-5-16(2)8-11/h6-7,11H,4-5,8-9H2,1-3H3. The van der Waals surface area contributed by atoms with Gasteiger partial charge in [0.15, 0.2) is 0 Å². The Balaban J connectivity index is 2.01. The Hall–Kier alpha value is -0.610. The molecule has 1 aromatic rings. The van der Waals surface area contributed by atoms with Gasteiger partial charge in [-0.1, -0.05) is 0 Å². The first-order valence-corrected chi connectivity index (χ1v) is 6.87. The quantitative estimate of drug-likeness (QED) is 0.855. The van der Waals surface area contributed by atoms with Crippen LogP contribution < -0.4 is 4.90 Å². The highest BCUT2D eigenvalue weighted by molar-refractivity contribution is 9.10. The highest BCUT2D eigenvalue weighted by atomic mass is 79.9. The lowest BCUT2D eigenvalue weighted by molar-refractivity contribution is 0.395. The van der Waals surface area contributed by atoms with E-state index in [-0.39, 0.29) is 0 Å². The summed E-state index contributed by atoms with van der Waals surface area (Å²) in [6.07, 6.45) is 3.22. The number of pyridine rings is 1. The van der Waals surface area contributed by atoms with Crippen molar-refractivity contribution in [3.63, 3.8) is 0 Å². The van der Waals surface area contributed by atoms with E-state index in [1.54, 1.807) is 0 Å². The molecule has 17 heavy (non-hydrogen) atoms. The maximum atomic E-state index is 4.50. The molecule has 4 heteroatoms. The monoisotopic (exact) mass is 297 g/mol. The zero-order valence-corrected chi connectivity index (χ0v) is 12.4. The van der Waals surface area contributed by atoms with Gasteiger partial charge in [-0.05, 0) is 60.4 Å². The molecule has 1 aromatic heterocycles. The van der Waals surface area contributed by atoms with Gasteiger partial charge < -0.3 is 9.80 Å². The summed E-state index contributed by atoms with van der Waals surface area (Å²) < 4.78 is 1.09. The van der Waals surface area contributed by atoms with Crippen molar-refractivity contribution in [1.29, 1.82) is 0 Å². The second-order valence-corrected chi connectivity index (χ2v) is 5.97. The van der Waals surface area contributed by atoms with Crippen LogP contribution in [-0.2, 0) is 0 Å². The van der Waals surface area contributed by atoms with Gasteiger partial charge in [-0.15, -0.1) is 0 Å². The lowest BCUT2D eigenvalue weighted by Crippen LogP contribution is -2.28. The van der Waals surface area contributed by atoms with E-state index in [9.17, 15) is 0 Å². The molecule has 1 aliphatic rings. The fourth-order valence-electron chi connectivity index (χ4n) is 2.46. The molecule has 1 fully saturated rings. The van der Waals surface area contributed by atoms with E-state index in [1.807, 2.05) is 6.20 Å². The zero-order valence-electron chi connectivity index (χ0n) is 10.8. The van der Waals surface area contributed by atoms with Gasteiger partial charge in [0.05, 0.1) is 4.47 Å². The summed E-state index contributed by atoms with van der Waals surface area (Å²) in [7, 11) is 4.32. The molecule has 0 N–H and O–H groups in total. The molecule has 0 aromatic carbocycles. The summed E-state index contributed by atoms with van der Waals surface area (Å²) in [4.78, 5) is 9.16. The van der Waals surface area contributed by atoms with Gasteiger partial charge >= 0.3 is 0 Å². The molecular weight excluding hydrogens is 278 g/mol. The third-order valence-electron chi connectivity index (χ3n) is 3.34. The Morgan fingerprint density at radius 2 is 2.35 bits per heavy atom. The Morgan fingerprint density at radius 1 is 1.59 bits per heavy atom. The number of aryl methyl sites for hydroxylation is 1. The van der Waals surface area contributed by atoms with E-state index in [0.29, 0.717) is 0 Å². The first-order valence-electron chi connectivity index (χ1n) is 6.08. The molecule has 1 unspecified atom stereocenters. The van der Waals surface area contributed by atoms with Gasteiger partial charge in [0.1, 0.15) is 5.82 Å². The van der Waals surface area contributed by atoms with Gasteiger partial charge in [0.25, 0.3) is 0 Å². The highest BCUT2D eigenvalue weighted by Gasteiger charge is 2.21. The number of aromatic nitrogens is 1. The predicted octanol–water partition coefficient (Wildman–Crippen LogP) is 2.54. The van der Waals surface area contributed by atoms with Crippen molar-refractivity contribution in [1.82, 2.24) is 9.88 Å². The SMILES string of the molecule is Cc1cnc(N(C)CC2CCN(C)C2)c(Br)c1. The van der Waals surface area contributed by atoms with Crippen LogP contribution >= 0.6 is 15.9 Å². The predicted molar refractivity (Wildman–Crippen MR) is 75.5 cm³/mol. The molecule has 0 radical (unpaired) electrons. The van der Waals surface area contributed by atoms with E-state index in [4.69, 9.17) is 0 Å². The highest BCUT2D eigenvalue weighted by Crippen LogP contribution is 2.25. The summed E-state index contributed by atoms with van der Waals surface area (Å²) in [5.74, 6) is 1.81. The third-order valence-corrected chi connectivity index (χ3v) is 3.92. The van der Waals surface area contributed by atoms with Crippen molar-refractivity contribution >= 4 is 21.7 Å². The van der Waals surface area contributed by atoms with Crippen molar-refractivity contribution in [3.05, 3.63) is 22.3 Å². The lowest BCUT2D eigenvalue weighted by Gasteiger charge is -2.23. The lowest BCUT2D eigenvalue weighted by atomic mass is 10.1. The van der Waals surface area contributed by atoms with Crippen LogP contribution in [0.4, 0.5) is 5.82 Å². The van der Waals surface area contributed by atoms with Crippen LogP contribution in [0, 0.1) is 12.8 Å². The van der Waals surface area contributed by atoms with Crippen molar-refractivity contribution in [2.45, 2.75) is 13.3 Å². The van der Waals surface area contributed by atoms with E-state index in [2.05, 4.69) is 57.8 Å². The van der Waals surface area contributed by atoms with E-state index < -0.39 is 0 Å². The molecule has 2 rings (SSSR count). The zero-order chi connectivity index (χ0) is 12.4. The van der Waals surface area contributed by atoms with Gasteiger partial charge in [0.2, 0.25) is 0 Å². The normalized spacial score (nSPS) is 20.8. The molecule has 0 spiro atoms. The van der Waals surface area contributed by atoms with Crippen molar-refractivity contribution in [2.75, 3.05) is 38.6 Å². The molecule has 3 nitrogen and oxygen atoms in total. The second-order valence-electron chi connectivity index (χ2n) is 5.12. The minimum Gasteiger partial charge on any atom is -0.358 e. The number of rotatable bonds is 3. The summed E-state index contributed by atoms with van der Waals surface area (Å²) >= 11 is 3.59. The summed E-state index contributed by atoms with van der Waals surface area (Å²) in [5, 5.41) is 0. The maximum Gasteiger partial charge on any atom is 0.142 e. The van der Waals surface area contributed by atoms with Crippen LogP contribution in [-0.4, -0.2) is 43.6 Å². The molecule has 94 valence electrons. The number of halogens is 1. The Morgan fingerprint density at radius 3 is 2.94 bits per heavy atom. The minimum atomic E-state index is 0.764. The first kappa shape index (κ1) is 12.8. The fraction of sp³-hybridized carbons (Fsp3) is 0.615. The van der Waals surface area contributed by atoms with E-state index >= 15 is 0 Å². The topological polar surface area (TPSA) is 19.4 Å². The molecule has 0 amide bonds. The summed E-state index contributed by atoms with van der Waals surface area (Å²) in [6.45, 7) is 5.57. The Labute approximate surface area is 112 Å². The molecule has 1 saturated heterocycles. The second kappa shape index (κ2) is 5.36. The Bertz CT molecular complexity index is 394. The minimum absolute atomic E-state index is 0.764. The Kier molecular flexibility index (Phi) is 4.05. The van der Waals surface area contributed by atoms with Gasteiger partial charge in [-0.2, -0.15) is 0 Å². The van der Waals surface area contributed by atoms with Gasteiger partial charge in [0, 0.05) is 26.3 Å². The van der Waals surface area contributed by atoms with Crippen LogP contribution in [0.3, 0.4) is 0 Å². The number of hydrogen-bond acceptors (Lipinski definition) is 3. The van der Waals surface area contributed by atoms with Crippen LogP contribution in [0.5, 0.6) is 0 Å². The fourth-order valence-corrected chi connectivity index (χ4v) is 3.22. The average Bonchev–Trinajstić information content (AvgIpc) is 2.63. The van der Waals surface area contributed by atoms with Crippen molar-refractivity contribution in [2.24, 2.45) is 5.92 Å². The smallest absolute Gasteiger partial charge is 0.142 e. The van der Waals surface area contributed by atoms with Crippen LogP contribution in [0.2, 0.25) is 0 Å². The van der Waals surface area contributed by atoms with E-state index in [1.165, 1.54) is 25.1 Å². The summed E-state index contributed by atoms with van der Waals surface area (Å²) in [5.41, 5.74) is 1.19. The largest absolute Gasteiger partial charge is 0.358 e. The number of likely N-dealkylation sites (tertiary alicyclic amines) is 1. The van der Waals surface area contributed by atoms with Crippen LogP contribution in [0.25, 0.3) is 0 Å². The molecule has 1 aliphatic heterocycles. The molecular formula is C13H20BrN3. The van der Waals surface area contributed by atoms with E-state index in [0.717, 1.165) is 22.8 Å². The molecule has 1 atom stereocenters. The average molecular weight is 298 g/mol. The number of anilines is 1. The van der Waals surface area contributed by atoms with Crippen LogP contribution in [0.1, 0.15) is 12.0 Å². The van der Waals surface area contributed by atoms with Crippen molar-refractivity contribution in [3.8, 4) is 0 Å². The third kappa shape index (κ3) is 3.19. The number of hydrogen-bond donors (Lipinski definition) is 0. The van der Waals surface area contributed by atoms with Crippen molar-refractivity contribution < 1.29 is 0 Å².